The second kappa shape index (κ2) is 5.34. The zero-order valence-electron chi connectivity index (χ0n) is 10.5. The number of benzene rings is 1. The van der Waals surface area contributed by atoms with Crippen molar-refractivity contribution in [1.29, 1.82) is 0 Å². The Kier molecular flexibility index (Phi) is 3.94. The maximum Gasteiger partial charge on any atom is 0.206 e. The van der Waals surface area contributed by atoms with Crippen LogP contribution < -0.4 is 0 Å². The number of nitrogens with zero attached hydrogens (tertiary/aromatic N) is 2. The summed E-state index contributed by atoms with van der Waals surface area (Å²) in [5.74, 6) is 0. The molecule has 6 nitrogen and oxygen atoms in total. The van der Waals surface area contributed by atoms with Crippen LogP contribution in [0.5, 0.6) is 0 Å². The molecule has 1 aliphatic rings. The number of halogens is 3. The maximum absolute atomic E-state index is 10.2. The fourth-order valence-corrected chi connectivity index (χ4v) is 3.33. The van der Waals surface area contributed by atoms with Gasteiger partial charge in [-0.3, -0.25) is 4.57 Å². The number of hydrogen-bond acceptors (Lipinski definition) is 5. The van der Waals surface area contributed by atoms with Crippen LogP contribution in [0.15, 0.2) is 16.6 Å². The molecule has 0 bridgehead atoms. The Morgan fingerprint density at radius 1 is 1.43 bits per heavy atom. The van der Waals surface area contributed by atoms with Crippen molar-refractivity contribution in [3.63, 3.8) is 0 Å². The Bertz CT molecular complexity index is 710. The van der Waals surface area contributed by atoms with E-state index < -0.39 is 24.5 Å². The molecule has 0 unspecified atom stereocenters. The number of aliphatic hydroxyl groups is 3. The molecule has 3 atom stereocenters. The first-order valence-corrected chi connectivity index (χ1v) is 7.60. The highest BCUT2D eigenvalue weighted by Gasteiger charge is 2.51. The van der Waals surface area contributed by atoms with Gasteiger partial charge in [0.05, 0.1) is 29.3 Å². The van der Waals surface area contributed by atoms with E-state index in [4.69, 9.17) is 27.9 Å². The van der Waals surface area contributed by atoms with Crippen molar-refractivity contribution in [3.8, 4) is 0 Å². The number of fused-ring (bicyclic) bond motifs is 1. The van der Waals surface area contributed by atoms with Gasteiger partial charge >= 0.3 is 0 Å². The molecule has 2 aromatic rings. The first-order valence-electron chi connectivity index (χ1n) is 6.05. The number of imidazole rings is 1. The monoisotopic (exact) mass is 396 g/mol. The first-order chi connectivity index (χ1) is 9.90. The van der Waals surface area contributed by atoms with Gasteiger partial charge in [-0.2, -0.15) is 0 Å². The molecule has 114 valence electrons. The molecule has 0 radical (unpaired) electrons. The molecule has 2 heterocycles. The summed E-state index contributed by atoms with van der Waals surface area (Å²) in [6, 6.07) is 3.26. The maximum atomic E-state index is 10.2. The van der Waals surface area contributed by atoms with Gasteiger partial charge in [0, 0.05) is 4.47 Å². The van der Waals surface area contributed by atoms with Crippen molar-refractivity contribution < 1.29 is 20.1 Å². The predicted molar refractivity (Wildman–Crippen MR) is 80.5 cm³/mol. The van der Waals surface area contributed by atoms with E-state index in [1.165, 1.54) is 4.57 Å². The summed E-state index contributed by atoms with van der Waals surface area (Å²) >= 11 is 15.5. The lowest BCUT2D eigenvalue weighted by atomic mass is 10.1. The lowest BCUT2D eigenvalue weighted by Gasteiger charge is -2.32. The van der Waals surface area contributed by atoms with E-state index in [1.807, 2.05) is 0 Å². The van der Waals surface area contributed by atoms with E-state index in [2.05, 4.69) is 20.9 Å². The number of aromatic nitrogens is 2. The molecule has 3 N–H and O–H groups in total. The Morgan fingerprint density at radius 2 is 2.14 bits per heavy atom. The van der Waals surface area contributed by atoms with E-state index >= 15 is 0 Å². The summed E-state index contributed by atoms with van der Waals surface area (Å²) in [6.45, 7) is -0.691. The van der Waals surface area contributed by atoms with Crippen LogP contribution in [0.25, 0.3) is 11.0 Å². The molecule has 0 spiro atoms. The smallest absolute Gasteiger partial charge is 0.206 e. The minimum Gasteiger partial charge on any atom is -0.391 e. The van der Waals surface area contributed by atoms with Gasteiger partial charge in [0.2, 0.25) is 5.28 Å². The van der Waals surface area contributed by atoms with E-state index in [1.54, 1.807) is 12.1 Å². The molecule has 1 aliphatic heterocycles. The highest BCUT2D eigenvalue weighted by molar-refractivity contribution is 9.10. The average Bonchev–Trinajstić information content (AvgIpc) is 2.90. The molecule has 1 saturated heterocycles. The van der Waals surface area contributed by atoms with Crippen LogP contribution in [0.2, 0.25) is 10.3 Å². The van der Waals surface area contributed by atoms with E-state index in [-0.39, 0.29) is 11.9 Å². The molecule has 9 heteroatoms. The quantitative estimate of drug-likeness (QED) is 0.714. The second-order valence-corrected chi connectivity index (χ2v) is 6.40. The Balaban J connectivity index is 2.28. The summed E-state index contributed by atoms with van der Waals surface area (Å²) in [7, 11) is 0. The fourth-order valence-electron chi connectivity index (χ4n) is 2.52. The van der Waals surface area contributed by atoms with Crippen molar-refractivity contribution in [2.75, 3.05) is 13.2 Å². The van der Waals surface area contributed by atoms with Gasteiger partial charge in [0.1, 0.15) is 12.2 Å². The topological polar surface area (TPSA) is 87.7 Å². The van der Waals surface area contributed by atoms with Gasteiger partial charge in [-0.1, -0.05) is 11.6 Å². The minimum atomic E-state index is -1.58. The van der Waals surface area contributed by atoms with Crippen LogP contribution in [0, 0.1) is 0 Å². The van der Waals surface area contributed by atoms with Gasteiger partial charge in [0.25, 0.3) is 0 Å². The zero-order valence-corrected chi connectivity index (χ0v) is 13.6. The average molecular weight is 398 g/mol. The third kappa shape index (κ3) is 2.19. The van der Waals surface area contributed by atoms with Gasteiger partial charge in [-0.05, 0) is 39.7 Å². The SMILES string of the molecule is OC[C@]1(n2c(Cl)nc3cc(Cl)c(Br)cc32)OC[C@H](O)[C@@H]1O. The third-order valence-corrected chi connectivity index (χ3v) is 5.04. The molecule has 1 aromatic carbocycles. The van der Waals surface area contributed by atoms with E-state index in [0.717, 1.165) is 0 Å². The van der Waals surface area contributed by atoms with Gasteiger partial charge in [0.15, 0.2) is 5.72 Å². The first kappa shape index (κ1) is 15.5. The van der Waals surface area contributed by atoms with Crippen molar-refractivity contribution in [2.24, 2.45) is 0 Å². The molecule has 1 fully saturated rings. The summed E-state index contributed by atoms with van der Waals surface area (Å²) in [5.41, 5.74) is -0.588. The van der Waals surface area contributed by atoms with Gasteiger partial charge in [-0.15, -0.1) is 0 Å². The molecule has 0 saturated carbocycles. The highest BCUT2D eigenvalue weighted by Crippen LogP contribution is 2.39. The van der Waals surface area contributed by atoms with Crippen LogP contribution in [-0.4, -0.2) is 50.3 Å². The van der Waals surface area contributed by atoms with Gasteiger partial charge < -0.3 is 20.1 Å². The summed E-state index contributed by atoms with van der Waals surface area (Å²) in [6.07, 6.45) is -2.46. The Morgan fingerprint density at radius 3 is 2.71 bits per heavy atom. The Labute approximate surface area is 138 Å². The predicted octanol–water partition coefficient (Wildman–Crippen LogP) is 1.50. The molecule has 1 aromatic heterocycles. The fraction of sp³-hybridized carbons (Fsp3) is 0.417. The molecular formula is C12H11BrCl2N2O4. The molecule has 0 aliphatic carbocycles. The Hall–Kier alpha value is -0.410. The van der Waals surface area contributed by atoms with Crippen molar-refractivity contribution >= 4 is 50.2 Å². The van der Waals surface area contributed by atoms with Crippen molar-refractivity contribution in [1.82, 2.24) is 9.55 Å². The number of hydrogen-bond donors (Lipinski definition) is 3. The molecule has 3 rings (SSSR count). The zero-order chi connectivity index (χ0) is 15.4. The minimum absolute atomic E-state index is 0.0152. The van der Waals surface area contributed by atoms with Crippen LogP contribution in [0.4, 0.5) is 0 Å². The summed E-state index contributed by atoms with van der Waals surface area (Å²) < 4.78 is 7.43. The van der Waals surface area contributed by atoms with Crippen LogP contribution >= 0.6 is 39.1 Å². The van der Waals surface area contributed by atoms with Crippen LogP contribution in [0.1, 0.15) is 0 Å². The second-order valence-electron chi connectivity index (χ2n) is 4.80. The standard InChI is InChI=1S/C12H11BrCl2N2O4/c13-5-1-8-7(2-6(5)14)16-11(15)17(8)12(4-18)10(20)9(19)3-21-12/h1-2,9-10,18-20H,3-4H2/t9-,10-,12-/m0/s1. The largest absolute Gasteiger partial charge is 0.391 e. The molecule has 21 heavy (non-hydrogen) atoms. The van der Waals surface area contributed by atoms with E-state index in [9.17, 15) is 15.3 Å². The molecule has 0 amide bonds. The van der Waals surface area contributed by atoms with Gasteiger partial charge in [-0.25, -0.2) is 4.98 Å². The van der Waals surface area contributed by atoms with E-state index in [0.29, 0.717) is 20.5 Å². The number of rotatable bonds is 2. The normalized spacial score (nSPS) is 29.4. The van der Waals surface area contributed by atoms with Crippen molar-refractivity contribution in [3.05, 3.63) is 26.9 Å². The van der Waals surface area contributed by atoms with Crippen molar-refractivity contribution in [2.45, 2.75) is 17.9 Å². The van der Waals surface area contributed by atoms with Crippen LogP contribution in [-0.2, 0) is 10.5 Å². The number of ether oxygens (including phenoxy) is 1. The lowest BCUT2D eigenvalue weighted by Crippen LogP contribution is -2.48. The third-order valence-electron chi connectivity index (χ3n) is 3.59. The lowest BCUT2D eigenvalue weighted by molar-refractivity contribution is -0.149. The number of aliphatic hydroxyl groups excluding tert-OH is 3. The van der Waals surface area contributed by atoms with Crippen LogP contribution in [0.3, 0.4) is 0 Å². The highest BCUT2D eigenvalue weighted by atomic mass is 79.9. The summed E-state index contributed by atoms with van der Waals surface area (Å²) in [4.78, 5) is 4.15. The molecular weight excluding hydrogens is 387 g/mol. The summed E-state index contributed by atoms with van der Waals surface area (Å²) in [5, 5.41) is 30.2.